The average molecular weight is 508 g/mol. The fourth-order valence-electron chi connectivity index (χ4n) is 3.59. The van der Waals surface area contributed by atoms with Crippen LogP contribution in [0.25, 0.3) is 0 Å². The minimum Gasteiger partial charge on any atom is -0.444 e. The lowest BCUT2D eigenvalue weighted by atomic mass is 9.98. The number of unbranched alkanes of at least 4 members (excludes halogenated alkanes) is 1. The van der Waals surface area contributed by atoms with E-state index in [-0.39, 0.29) is 11.8 Å². The van der Waals surface area contributed by atoms with Crippen molar-refractivity contribution in [2.75, 3.05) is 18.6 Å². The molecule has 8 heteroatoms. The van der Waals surface area contributed by atoms with Gasteiger partial charge in [-0.05, 0) is 78.9 Å². The molecule has 0 fully saturated rings. The van der Waals surface area contributed by atoms with Crippen LogP contribution in [-0.2, 0) is 14.3 Å². The van der Waals surface area contributed by atoms with Crippen molar-refractivity contribution in [2.45, 2.75) is 97.9 Å². The molecule has 198 valence electrons. The van der Waals surface area contributed by atoms with Crippen LogP contribution in [0.3, 0.4) is 0 Å². The van der Waals surface area contributed by atoms with Crippen LogP contribution < -0.4 is 10.6 Å². The normalized spacial score (nSPS) is 13.5. The molecule has 2 unspecified atom stereocenters. The highest BCUT2D eigenvalue weighted by atomic mass is 32.2. The van der Waals surface area contributed by atoms with Crippen LogP contribution in [-0.4, -0.2) is 58.5 Å². The van der Waals surface area contributed by atoms with Crippen molar-refractivity contribution in [1.29, 1.82) is 0 Å². The number of rotatable bonds is 11. The van der Waals surface area contributed by atoms with Gasteiger partial charge >= 0.3 is 6.09 Å². The van der Waals surface area contributed by atoms with E-state index in [9.17, 15) is 14.4 Å². The van der Waals surface area contributed by atoms with Gasteiger partial charge in [0.1, 0.15) is 17.7 Å². The zero-order valence-electron chi connectivity index (χ0n) is 23.0. The van der Waals surface area contributed by atoms with E-state index in [1.807, 2.05) is 65.1 Å². The zero-order chi connectivity index (χ0) is 26.8. The summed E-state index contributed by atoms with van der Waals surface area (Å²) in [6.07, 6.45) is 3.34. The number of nitrogens with zero attached hydrogens (tertiary/aromatic N) is 1. The molecule has 0 aliphatic rings. The van der Waals surface area contributed by atoms with E-state index in [0.29, 0.717) is 18.7 Å². The minimum absolute atomic E-state index is 0.242. The van der Waals surface area contributed by atoms with Crippen molar-refractivity contribution in [2.24, 2.45) is 0 Å². The van der Waals surface area contributed by atoms with E-state index in [2.05, 4.69) is 10.6 Å². The standard InChI is InChI=1S/C27H45N3O4S/c1-10-11-16-30(24(32)21(15-17-35-9)28-25(33)34-27(6,7)8)22(23(31)29-26(3,4)5)20-14-12-13-19(2)18-20/h12-14,18,21-22H,10-11,15-17H2,1-9H3,(H,28,33)(H,29,31). The number of aryl methyl sites for hydroxylation is 1. The summed E-state index contributed by atoms with van der Waals surface area (Å²) in [6, 6.07) is 6.07. The van der Waals surface area contributed by atoms with Gasteiger partial charge in [-0.3, -0.25) is 9.59 Å². The molecule has 1 aromatic carbocycles. The Kier molecular flexibility index (Phi) is 12.1. The topological polar surface area (TPSA) is 87.7 Å². The third-order valence-electron chi connectivity index (χ3n) is 5.05. The maximum Gasteiger partial charge on any atom is 0.408 e. The molecule has 2 N–H and O–H groups in total. The van der Waals surface area contributed by atoms with E-state index in [4.69, 9.17) is 4.74 Å². The fourth-order valence-corrected chi connectivity index (χ4v) is 4.06. The number of hydrogen-bond donors (Lipinski definition) is 2. The van der Waals surface area contributed by atoms with Crippen LogP contribution in [0.15, 0.2) is 24.3 Å². The lowest BCUT2D eigenvalue weighted by molar-refractivity contribution is -0.143. The number of ether oxygens (including phenoxy) is 1. The smallest absolute Gasteiger partial charge is 0.408 e. The first-order valence-electron chi connectivity index (χ1n) is 12.4. The molecule has 0 spiro atoms. The van der Waals surface area contributed by atoms with Crippen LogP contribution in [0.2, 0.25) is 0 Å². The number of thioether (sulfide) groups is 1. The Labute approximate surface area is 216 Å². The first-order chi connectivity index (χ1) is 16.2. The number of hydrogen-bond acceptors (Lipinski definition) is 5. The van der Waals surface area contributed by atoms with Gasteiger partial charge in [0.25, 0.3) is 0 Å². The second kappa shape index (κ2) is 13.8. The second-order valence-corrected chi connectivity index (χ2v) is 11.9. The lowest BCUT2D eigenvalue weighted by Crippen LogP contribution is -2.55. The number of carbonyl (C=O) groups is 3. The van der Waals surface area contributed by atoms with Gasteiger partial charge in [0.05, 0.1) is 0 Å². The molecule has 3 amide bonds. The van der Waals surface area contributed by atoms with Crippen molar-refractivity contribution in [3.05, 3.63) is 35.4 Å². The summed E-state index contributed by atoms with van der Waals surface area (Å²) in [7, 11) is 0. The molecule has 0 radical (unpaired) electrons. The van der Waals surface area contributed by atoms with Gasteiger partial charge in [0.2, 0.25) is 11.8 Å². The largest absolute Gasteiger partial charge is 0.444 e. The summed E-state index contributed by atoms with van der Waals surface area (Å²) in [5.41, 5.74) is 0.600. The summed E-state index contributed by atoms with van der Waals surface area (Å²) >= 11 is 1.60. The van der Waals surface area contributed by atoms with Crippen LogP contribution in [0, 0.1) is 6.92 Å². The summed E-state index contributed by atoms with van der Waals surface area (Å²) < 4.78 is 5.43. The third-order valence-corrected chi connectivity index (χ3v) is 5.70. The number of carbonyl (C=O) groups excluding carboxylic acids is 3. The van der Waals surface area contributed by atoms with Crippen molar-refractivity contribution in [1.82, 2.24) is 15.5 Å². The first kappa shape index (κ1) is 30.8. The van der Waals surface area contributed by atoms with E-state index in [0.717, 1.165) is 24.0 Å². The average Bonchev–Trinajstić information content (AvgIpc) is 2.70. The van der Waals surface area contributed by atoms with E-state index in [1.165, 1.54) is 0 Å². The monoisotopic (exact) mass is 507 g/mol. The Morgan fingerprint density at radius 1 is 1.11 bits per heavy atom. The molecule has 2 atom stereocenters. The number of amides is 3. The van der Waals surface area contributed by atoms with Crippen molar-refractivity contribution in [3.63, 3.8) is 0 Å². The highest BCUT2D eigenvalue weighted by molar-refractivity contribution is 7.98. The van der Waals surface area contributed by atoms with Gasteiger partial charge in [-0.1, -0.05) is 43.2 Å². The molecule has 0 aliphatic carbocycles. The van der Waals surface area contributed by atoms with Gasteiger partial charge in [0.15, 0.2) is 0 Å². The molecular formula is C27H45N3O4S. The van der Waals surface area contributed by atoms with Crippen LogP contribution >= 0.6 is 11.8 Å². The Morgan fingerprint density at radius 2 is 1.77 bits per heavy atom. The summed E-state index contributed by atoms with van der Waals surface area (Å²) in [5.74, 6) is 0.152. The predicted octanol–water partition coefficient (Wildman–Crippen LogP) is 5.23. The Hall–Kier alpha value is -2.22. The molecule has 0 saturated carbocycles. The van der Waals surface area contributed by atoms with Gasteiger partial charge in [-0.15, -0.1) is 0 Å². The first-order valence-corrected chi connectivity index (χ1v) is 13.8. The second-order valence-electron chi connectivity index (χ2n) is 10.9. The molecule has 1 aromatic rings. The molecule has 0 aliphatic heterocycles. The van der Waals surface area contributed by atoms with E-state index < -0.39 is 29.3 Å². The fraction of sp³-hybridized carbons (Fsp3) is 0.667. The summed E-state index contributed by atoms with van der Waals surface area (Å²) in [4.78, 5) is 41.8. The van der Waals surface area contributed by atoms with Crippen LogP contribution in [0.1, 0.15) is 84.9 Å². The lowest BCUT2D eigenvalue weighted by Gasteiger charge is -2.36. The Balaban J connectivity index is 3.46. The Bertz CT molecular complexity index is 846. The predicted molar refractivity (Wildman–Crippen MR) is 145 cm³/mol. The molecule has 0 aromatic heterocycles. The van der Waals surface area contributed by atoms with E-state index >= 15 is 0 Å². The minimum atomic E-state index is -0.814. The van der Waals surface area contributed by atoms with Gasteiger partial charge in [-0.2, -0.15) is 11.8 Å². The van der Waals surface area contributed by atoms with Crippen LogP contribution in [0.5, 0.6) is 0 Å². The molecule has 0 heterocycles. The summed E-state index contributed by atoms with van der Waals surface area (Å²) in [6.45, 7) is 15.5. The maximum atomic E-state index is 14.0. The number of benzene rings is 1. The Morgan fingerprint density at radius 3 is 2.29 bits per heavy atom. The highest BCUT2D eigenvalue weighted by Gasteiger charge is 2.36. The van der Waals surface area contributed by atoms with Crippen LogP contribution in [0.4, 0.5) is 4.79 Å². The number of nitrogens with one attached hydrogen (secondary N) is 2. The molecule has 35 heavy (non-hydrogen) atoms. The molecule has 0 bridgehead atoms. The van der Waals surface area contributed by atoms with Gasteiger partial charge < -0.3 is 20.3 Å². The van der Waals surface area contributed by atoms with Gasteiger partial charge in [0, 0.05) is 12.1 Å². The van der Waals surface area contributed by atoms with Crippen molar-refractivity contribution < 1.29 is 19.1 Å². The molecule has 7 nitrogen and oxygen atoms in total. The SMILES string of the molecule is CCCCN(C(=O)C(CCSC)NC(=O)OC(C)(C)C)C(C(=O)NC(C)(C)C)c1cccc(C)c1. The van der Waals surface area contributed by atoms with E-state index in [1.54, 1.807) is 37.4 Å². The number of alkyl carbamates (subject to hydrolysis) is 1. The molecular weight excluding hydrogens is 462 g/mol. The van der Waals surface area contributed by atoms with Crippen molar-refractivity contribution >= 4 is 29.7 Å². The molecule has 0 saturated heterocycles. The third kappa shape index (κ3) is 11.4. The zero-order valence-corrected chi connectivity index (χ0v) is 23.8. The maximum absolute atomic E-state index is 14.0. The summed E-state index contributed by atoms with van der Waals surface area (Å²) in [5, 5.41) is 5.83. The quantitative estimate of drug-likeness (QED) is 0.428. The highest BCUT2D eigenvalue weighted by Crippen LogP contribution is 2.26. The van der Waals surface area contributed by atoms with Gasteiger partial charge in [-0.25, -0.2) is 4.79 Å². The molecule has 1 rings (SSSR count). The van der Waals surface area contributed by atoms with Crippen molar-refractivity contribution in [3.8, 4) is 0 Å².